The Bertz CT molecular complexity index is 348. The normalized spacial score (nSPS) is 21.6. The summed E-state index contributed by atoms with van der Waals surface area (Å²) in [6, 6.07) is 0. The third-order valence-electron chi connectivity index (χ3n) is 2.68. The molecular weight excluding hydrogens is 269 g/mol. The summed E-state index contributed by atoms with van der Waals surface area (Å²) < 4.78 is 36.5. The number of aliphatic hydroxyl groups is 2. The van der Waals surface area contributed by atoms with Gasteiger partial charge in [0.2, 0.25) is 11.8 Å². The quantitative estimate of drug-likeness (QED) is 0.596. The molecule has 0 aromatic carbocycles. The maximum Gasteiger partial charge on any atom is 0.406 e. The van der Waals surface area contributed by atoms with Gasteiger partial charge in [0.25, 0.3) is 0 Å². The van der Waals surface area contributed by atoms with Crippen LogP contribution in [0.1, 0.15) is 6.42 Å². The lowest BCUT2D eigenvalue weighted by Crippen LogP contribution is -2.39. The average molecular weight is 284 g/mol. The van der Waals surface area contributed by atoms with Crippen molar-refractivity contribution in [2.45, 2.75) is 18.7 Å². The first-order valence-corrected chi connectivity index (χ1v) is 5.64. The Hall–Kier alpha value is -1.35. The first kappa shape index (κ1) is 15.7. The van der Waals surface area contributed by atoms with Crippen LogP contribution in [0.5, 0.6) is 0 Å². The highest BCUT2D eigenvalue weighted by Crippen LogP contribution is 2.23. The molecule has 0 radical (unpaired) electrons. The van der Waals surface area contributed by atoms with E-state index in [4.69, 9.17) is 10.2 Å². The molecule has 3 N–H and O–H groups in total. The number of rotatable bonds is 5. The topological polar surface area (TPSA) is 89.9 Å². The summed E-state index contributed by atoms with van der Waals surface area (Å²) in [5.74, 6) is -2.19. The third-order valence-corrected chi connectivity index (χ3v) is 2.68. The molecule has 1 aliphatic rings. The van der Waals surface area contributed by atoms with Crippen molar-refractivity contribution in [3.05, 3.63) is 0 Å². The zero-order valence-corrected chi connectivity index (χ0v) is 9.98. The molecule has 6 nitrogen and oxygen atoms in total. The summed E-state index contributed by atoms with van der Waals surface area (Å²) in [4.78, 5) is 23.5. The fourth-order valence-corrected chi connectivity index (χ4v) is 1.74. The number of carbonyl (C=O) groups excluding carboxylic acids is 2. The van der Waals surface area contributed by atoms with Crippen LogP contribution in [0.4, 0.5) is 13.2 Å². The van der Waals surface area contributed by atoms with Crippen LogP contribution in [0.2, 0.25) is 0 Å². The Kier molecular flexibility index (Phi) is 5.12. The zero-order valence-electron chi connectivity index (χ0n) is 9.98. The molecule has 0 saturated carbocycles. The van der Waals surface area contributed by atoms with Crippen molar-refractivity contribution in [1.29, 1.82) is 0 Å². The van der Waals surface area contributed by atoms with Crippen LogP contribution in [0.3, 0.4) is 0 Å². The smallest absolute Gasteiger partial charge is 0.394 e. The summed E-state index contributed by atoms with van der Waals surface area (Å²) >= 11 is 0. The molecule has 2 atom stereocenters. The summed E-state index contributed by atoms with van der Waals surface area (Å²) in [6.07, 6.45) is -5.90. The molecule has 1 heterocycles. The number of nitrogens with one attached hydrogen (secondary N) is 1. The van der Waals surface area contributed by atoms with Crippen LogP contribution in [-0.4, -0.2) is 65.4 Å². The van der Waals surface area contributed by atoms with E-state index < -0.39 is 43.2 Å². The number of likely N-dealkylation sites (tertiary alicyclic amines) is 1. The van der Waals surface area contributed by atoms with E-state index in [0.717, 1.165) is 0 Å². The van der Waals surface area contributed by atoms with Gasteiger partial charge in [0.1, 0.15) is 6.54 Å². The minimum absolute atomic E-state index is 0.209. The molecule has 0 aliphatic carbocycles. The highest BCUT2D eigenvalue weighted by atomic mass is 19.4. The first-order chi connectivity index (χ1) is 8.73. The minimum atomic E-state index is -4.49. The second-order valence-corrected chi connectivity index (χ2v) is 4.37. The molecule has 1 rings (SSSR count). The Morgan fingerprint density at radius 2 is 2.16 bits per heavy atom. The van der Waals surface area contributed by atoms with Gasteiger partial charge in [-0.15, -0.1) is 0 Å². The second-order valence-electron chi connectivity index (χ2n) is 4.37. The Morgan fingerprint density at radius 1 is 1.53 bits per heavy atom. The summed E-state index contributed by atoms with van der Waals surface area (Å²) in [5, 5.41) is 19.8. The molecule has 2 unspecified atom stereocenters. The number of hydrogen-bond donors (Lipinski definition) is 3. The van der Waals surface area contributed by atoms with Gasteiger partial charge in [0.15, 0.2) is 0 Å². The molecule has 1 fully saturated rings. The van der Waals surface area contributed by atoms with Crippen molar-refractivity contribution in [3.63, 3.8) is 0 Å². The largest absolute Gasteiger partial charge is 0.406 e. The molecule has 0 aromatic heterocycles. The maximum atomic E-state index is 12.2. The molecule has 9 heteroatoms. The predicted octanol–water partition coefficient (Wildman–Crippen LogP) is -1.13. The number of carbonyl (C=O) groups is 2. The van der Waals surface area contributed by atoms with E-state index >= 15 is 0 Å². The summed E-state index contributed by atoms with van der Waals surface area (Å²) in [7, 11) is 0. The van der Waals surface area contributed by atoms with Gasteiger partial charge in [-0.3, -0.25) is 9.59 Å². The average Bonchev–Trinajstić information content (AvgIpc) is 2.65. The van der Waals surface area contributed by atoms with Gasteiger partial charge in [-0.25, -0.2) is 0 Å². The van der Waals surface area contributed by atoms with E-state index in [1.54, 1.807) is 0 Å². The number of alkyl halides is 3. The molecule has 1 saturated heterocycles. The fourth-order valence-electron chi connectivity index (χ4n) is 1.74. The molecule has 19 heavy (non-hydrogen) atoms. The van der Waals surface area contributed by atoms with Crippen molar-refractivity contribution in [1.82, 2.24) is 10.2 Å². The first-order valence-electron chi connectivity index (χ1n) is 5.64. The molecule has 2 amide bonds. The number of nitrogens with zero attached hydrogens (tertiary/aromatic N) is 1. The summed E-state index contributed by atoms with van der Waals surface area (Å²) in [6.45, 7) is -2.41. The van der Waals surface area contributed by atoms with Gasteiger partial charge in [0, 0.05) is 19.5 Å². The number of aliphatic hydroxyl groups excluding tert-OH is 2. The van der Waals surface area contributed by atoms with E-state index in [1.807, 2.05) is 0 Å². The highest BCUT2D eigenvalue weighted by molar-refractivity contribution is 5.89. The molecule has 0 spiro atoms. The van der Waals surface area contributed by atoms with Gasteiger partial charge < -0.3 is 20.4 Å². The lowest BCUT2D eigenvalue weighted by Gasteiger charge is -2.18. The molecular formula is C10H15F3N2O4. The second kappa shape index (κ2) is 6.20. The molecule has 1 aliphatic heterocycles. The van der Waals surface area contributed by atoms with Gasteiger partial charge in [0.05, 0.1) is 18.6 Å². The van der Waals surface area contributed by atoms with E-state index in [0.29, 0.717) is 4.90 Å². The number of halogens is 3. The molecule has 110 valence electrons. The highest BCUT2D eigenvalue weighted by Gasteiger charge is 2.40. The van der Waals surface area contributed by atoms with E-state index in [-0.39, 0.29) is 19.5 Å². The molecule has 0 bridgehead atoms. The van der Waals surface area contributed by atoms with Crippen LogP contribution < -0.4 is 5.32 Å². The van der Waals surface area contributed by atoms with Gasteiger partial charge in [-0.1, -0.05) is 0 Å². The lowest BCUT2D eigenvalue weighted by molar-refractivity contribution is -0.157. The molecule has 0 aromatic rings. The van der Waals surface area contributed by atoms with Crippen LogP contribution >= 0.6 is 0 Å². The Labute approximate surface area is 107 Å². The van der Waals surface area contributed by atoms with E-state index in [9.17, 15) is 22.8 Å². The SMILES string of the molecule is O=C(NCC(O)CO)C1CC(=O)N(CC(F)(F)F)C1. The number of amides is 2. The lowest BCUT2D eigenvalue weighted by atomic mass is 10.1. The van der Waals surface area contributed by atoms with Crippen LogP contribution in [0.25, 0.3) is 0 Å². The fraction of sp³-hybridized carbons (Fsp3) is 0.800. The van der Waals surface area contributed by atoms with E-state index in [1.165, 1.54) is 0 Å². The van der Waals surface area contributed by atoms with Gasteiger partial charge >= 0.3 is 6.18 Å². The van der Waals surface area contributed by atoms with Crippen molar-refractivity contribution in [2.75, 3.05) is 26.2 Å². The summed E-state index contributed by atoms with van der Waals surface area (Å²) in [5.41, 5.74) is 0. The van der Waals surface area contributed by atoms with Crippen molar-refractivity contribution >= 4 is 11.8 Å². The van der Waals surface area contributed by atoms with Crippen molar-refractivity contribution < 1.29 is 33.0 Å². The minimum Gasteiger partial charge on any atom is -0.394 e. The zero-order chi connectivity index (χ0) is 14.6. The Morgan fingerprint density at radius 3 is 2.68 bits per heavy atom. The van der Waals surface area contributed by atoms with Crippen LogP contribution in [0.15, 0.2) is 0 Å². The third kappa shape index (κ3) is 5.03. The Balaban J connectivity index is 2.45. The van der Waals surface area contributed by atoms with Crippen molar-refractivity contribution in [2.24, 2.45) is 5.92 Å². The standard InChI is InChI=1S/C10H15F3N2O4/c11-10(12,13)5-15-3-6(1-8(15)18)9(19)14-2-7(17)4-16/h6-7,16-17H,1-5H2,(H,14,19). The number of hydrogen-bond acceptors (Lipinski definition) is 4. The van der Waals surface area contributed by atoms with Crippen LogP contribution in [0, 0.1) is 5.92 Å². The maximum absolute atomic E-state index is 12.2. The monoisotopic (exact) mass is 284 g/mol. The van der Waals surface area contributed by atoms with Gasteiger partial charge in [-0.2, -0.15) is 13.2 Å². The van der Waals surface area contributed by atoms with Crippen molar-refractivity contribution in [3.8, 4) is 0 Å². The predicted molar refractivity (Wildman–Crippen MR) is 56.8 cm³/mol. The van der Waals surface area contributed by atoms with Crippen LogP contribution in [-0.2, 0) is 9.59 Å². The van der Waals surface area contributed by atoms with Gasteiger partial charge in [-0.05, 0) is 0 Å². The van der Waals surface area contributed by atoms with E-state index in [2.05, 4.69) is 5.32 Å².